The van der Waals surface area contributed by atoms with Gasteiger partial charge < -0.3 is 14.8 Å². The van der Waals surface area contributed by atoms with Crippen molar-refractivity contribution in [3.63, 3.8) is 0 Å². The first-order chi connectivity index (χ1) is 15.2. The molecule has 2 heterocycles. The molecule has 0 aliphatic rings. The highest BCUT2D eigenvalue weighted by molar-refractivity contribution is 6.05. The number of pyridine rings is 1. The second kappa shape index (κ2) is 9.13. The van der Waals surface area contributed by atoms with Gasteiger partial charge in [0.15, 0.2) is 17.3 Å². The Hall–Kier alpha value is -4.13. The summed E-state index contributed by atoms with van der Waals surface area (Å²) in [4.78, 5) is 17.2. The molecular weight excluding hydrogens is 392 g/mol. The summed E-state index contributed by atoms with van der Waals surface area (Å²) in [6.07, 6.45) is 3.91. The van der Waals surface area contributed by atoms with Crippen LogP contribution in [-0.2, 0) is 6.42 Å². The Kier molecular flexibility index (Phi) is 5.93. The van der Waals surface area contributed by atoms with Crippen LogP contribution in [0, 0.1) is 0 Å². The van der Waals surface area contributed by atoms with Crippen molar-refractivity contribution < 1.29 is 14.3 Å². The smallest absolute Gasteiger partial charge is 0.259 e. The molecule has 0 radical (unpaired) electrons. The average Bonchev–Trinajstić information content (AvgIpc) is 3.25. The van der Waals surface area contributed by atoms with E-state index < -0.39 is 0 Å². The van der Waals surface area contributed by atoms with Crippen molar-refractivity contribution in [3.8, 4) is 23.1 Å². The molecule has 4 aromatic rings. The second-order valence-electron chi connectivity index (χ2n) is 6.69. The van der Waals surface area contributed by atoms with Gasteiger partial charge in [0.05, 0.1) is 24.6 Å². The van der Waals surface area contributed by atoms with Crippen LogP contribution in [-0.4, -0.2) is 27.8 Å². The molecule has 2 aromatic heterocycles. The maximum Gasteiger partial charge on any atom is 0.259 e. The lowest BCUT2D eigenvalue weighted by molar-refractivity contribution is 0.102. The third-order valence-electron chi connectivity index (χ3n) is 4.72. The molecule has 0 atom stereocenters. The summed E-state index contributed by atoms with van der Waals surface area (Å²) >= 11 is 0. The Labute approximate surface area is 180 Å². The lowest BCUT2D eigenvalue weighted by atomic mass is 10.2. The Balaban J connectivity index is 1.49. The fourth-order valence-corrected chi connectivity index (χ4v) is 3.21. The molecule has 0 spiro atoms. The van der Waals surface area contributed by atoms with Gasteiger partial charge in [0, 0.05) is 11.9 Å². The minimum Gasteiger partial charge on any atom is -0.493 e. The van der Waals surface area contributed by atoms with Crippen molar-refractivity contribution in [1.82, 2.24) is 14.8 Å². The average molecular weight is 414 g/mol. The van der Waals surface area contributed by atoms with Crippen LogP contribution < -0.4 is 14.8 Å². The zero-order chi connectivity index (χ0) is 21.6. The van der Waals surface area contributed by atoms with E-state index >= 15 is 0 Å². The van der Waals surface area contributed by atoms with Crippen molar-refractivity contribution >= 4 is 11.6 Å². The summed E-state index contributed by atoms with van der Waals surface area (Å²) in [6.45, 7) is 1.98. The van der Waals surface area contributed by atoms with Crippen molar-refractivity contribution in [2.24, 2.45) is 0 Å². The largest absolute Gasteiger partial charge is 0.493 e. The molecule has 0 saturated heterocycles. The number of anilines is 1. The van der Waals surface area contributed by atoms with Crippen molar-refractivity contribution in [3.05, 3.63) is 90.4 Å². The standard InChI is InChI=1S/C24H22N4O3/c1-3-20-19(16-26-28(20)23-10-6-7-15-25-23)24(29)27-17-11-13-18(14-12-17)31-22-9-5-4-8-21(22)30-2/h4-16H,3H2,1-2H3,(H,27,29). The fraction of sp³-hybridized carbons (Fsp3) is 0.125. The first-order valence-electron chi connectivity index (χ1n) is 9.90. The van der Waals surface area contributed by atoms with E-state index in [-0.39, 0.29) is 5.91 Å². The number of carbonyl (C=O) groups excluding carboxylic acids is 1. The zero-order valence-electron chi connectivity index (χ0n) is 17.3. The van der Waals surface area contributed by atoms with Gasteiger partial charge >= 0.3 is 0 Å². The Bertz CT molecular complexity index is 1170. The first-order valence-corrected chi connectivity index (χ1v) is 9.90. The van der Waals surface area contributed by atoms with Crippen LogP contribution in [0.3, 0.4) is 0 Å². The zero-order valence-corrected chi connectivity index (χ0v) is 17.3. The maximum absolute atomic E-state index is 12.9. The summed E-state index contributed by atoms with van der Waals surface area (Å²) in [5.41, 5.74) is 1.97. The Morgan fingerprint density at radius 1 is 1.00 bits per heavy atom. The van der Waals surface area contributed by atoms with Crippen LogP contribution in [0.5, 0.6) is 17.2 Å². The highest BCUT2D eigenvalue weighted by Crippen LogP contribution is 2.31. The van der Waals surface area contributed by atoms with Gasteiger partial charge in [0.1, 0.15) is 5.75 Å². The van der Waals surface area contributed by atoms with E-state index in [2.05, 4.69) is 15.4 Å². The molecule has 7 nitrogen and oxygen atoms in total. The third kappa shape index (κ3) is 4.40. The number of aromatic nitrogens is 3. The number of methoxy groups -OCH3 is 1. The summed E-state index contributed by atoms with van der Waals surface area (Å²) in [5, 5.41) is 7.28. The number of hydrogen-bond donors (Lipinski definition) is 1. The molecular formula is C24H22N4O3. The van der Waals surface area contributed by atoms with Gasteiger partial charge in [-0.1, -0.05) is 25.1 Å². The predicted molar refractivity (Wildman–Crippen MR) is 118 cm³/mol. The normalized spacial score (nSPS) is 10.5. The van der Waals surface area contributed by atoms with Gasteiger partial charge in [-0.2, -0.15) is 5.10 Å². The lowest BCUT2D eigenvalue weighted by Gasteiger charge is -2.11. The molecule has 1 amide bonds. The van der Waals surface area contributed by atoms with Crippen molar-refractivity contribution in [2.45, 2.75) is 13.3 Å². The topological polar surface area (TPSA) is 78.3 Å². The van der Waals surface area contributed by atoms with Crippen LogP contribution in [0.4, 0.5) is 5.69 Å². The second-order valence-corrected chi connectivity index (χ2v) is 6.69. The highest BCUT2D eigenvalue weighted by Gasteiger charge is 2.18. The summed E-state index contributed by atoms with van der Waals surface area (Å²) in [5.74, 6) is 2.36. The molecule has 0 fully saturated rings. The van der Waals surface area contributed by atoms with Crippen LogP contribution in [0.25, 0.3) is 5.82 Å². The number of para-hydroxylation sites is 2. The van der Waals surface area contributed by atoms with Crippen molar-refractivity contribution in [1.29, 1.82) is 0 Å². The van der Waals surface area contributed by atoms with E-state index in [0.717, 1.165) is 5.69 Å². The monoisotopic (exact) mass is 414 g/mol. The van der Waals surface area contributed by atoms with E-state index in [0.29, 0.717) is 40.7 Å². The molecule has 0 aliphatic heterocycles. The minimum absolute atomic E-state index is 0.225. The van der Waals surface area contributed by atoms with E-state index in [9.17, 15) is 4.79 Å². The number of hydrogen-bond acceptors (Lipinski definition) is 5. The first kappa shape index (κ1) is 20.2. The van der Waals surface area contributed by atoms with E-state index in [4.69, 9.17) is 9.47 Å². The molecule has 0 saturated carbocycles. The molecule has 0 unspecified atom stereocenters. The maximum atomic E-state index is 12.9. The van der Waals surface area contributed by atoms with Crippen molar-refractivity contribution in [2.75, 3.05) is 12.4 Å². The van der Waals surface area contributed by atoms with Crippen LogP contribution in [0.1, 0.15) is 23.0 Å². The molecule has 1 N–H and O–H groups in total. The van der Waals surface area contributed by atoms with E-state index in [1.807, 2.05) is 49.4 Å². The summed E-state index contributed by atoms with van der Waals surface area (Å²) < 4.78 is 12.9. The number of nitrogens with zero attached hydrogens (tertiary/aromatic N) is 3. The highest BCUT2D eigenvalue weighted by atomic mass is 16.5. The Morgan fingerprint density at radius 2 is 1.74 bits per heavy atom. The summed E-state index contributed by atoms with van der Waals surface area (Å²) in [7, 11) is 1.60. The number of nitrogens with one attached hydrogen (secondary N) is 1. The molecule has 2 aromatic carbocycles. The fourth-order valence-electron chi connectivity index (χ4n) is 3.21. The Morgan fingerprint density at radius 3 is 2.42 bits per heavy atom. The van der Waals surface area contributed by atoms with E-state index in [1.54, 1.807) is 48.5 Å². The SMILES string of the molecule is CCc1c(C(=O)Nc2ccc(Oc3ccccc3OC)cc2)cnn1-c1ccccn1. The predicted octanol–water partition coefficient (Wildman–Crippen LogP) is 4.88. The van der Waals surface area contributed by atoms with Gasteiger partial charge in [-0.15, -0.1) is 0 Å². The minimum atomic E-state index is -0.225. The number of rotatable bonds is 7. The van der Waals surface area contributed by atoms with E-state index in [1.165, 1.54) is 0 Å². The summed E-state index contributed by atoms with van der Waals surface area (Å²) in [6, 6.07) is 20.2. The molecule has 156 valence electrons. The van der Waals surface area contributed by atoms with Gasteiger partial charge in [0.2, 0.25) is 0 Å². The lowest BCUT2D eigenvalue weighted by Crippen LogP contribution is -2.14. The van der Waals surface area contributed by atoms with Gasteiger partial charge in [0.25, 0.3) is 5.91 Å². The molecule has 0 bridgehead atoms. The molecule has 4 rings (SSSR count). The number of ether oxygens (including phenoxy) is 2. The van der Waals surface area contributed by atoms with Gasteiger partial charge in [-0.05, 0) is 55.0 Å². The number of amides is 1. The number of benzene rings is 2. The van der Waals surface area contributed by atoms with Gasteiger partial charge in [-0.25, -0.2) is 9.67 Å². The molecule has 31 heavy (non-hydrogen) atoms. The third-order valence-corrected chi connectivity index (χ3v) is 4.72. The number of carbonyl (C=O) groups is 1. The van der Waals surface area contributed by atoms with Crippen LogP contribution >= 0.6 is 0 Å². The van der Waals surface area contributed by atoms with Crippen LogP contribution in [0.15, 0.2) is 79.1 Å². The van der Waals surface area contributed by atoms with Gasteiger partial charge in [-0.3, -0.25) is 4.79 Å². The van der Waals surface area contributed by atoms with Crippen LogP contribution in [0.2, 0.25) is 0 Å². The molecule has 0 aliphatic carbocycles. The quantitative estimate of drug-likeness (QED) is 0.466. The molecule has 7 heteroatoms.